The Labute approximate surface area is 139 Å². The second-order valence-electron chi connectivity index (χ2n) is 5.40. The Morgan fingerprint density at radius 1 is 1.30 bits per heavy atom. The zero-order valence-electron chi connectivity index (χ0n) is 12.5. The number of aliphatic hydroxyl groups excluding tert-OH is 1. The molecule has 2 aromatic carbocycles. The first kappa shape index (κ1) is 15.6. The third kappa shape index (κ3) is 3.25. The van der Waals surface area contributed by atoms with Crippen LogP contribution in [-0.2, 0) is 6.42 Å². The molecule has 1 aliphatic carbocycles. The second-order valence-corrected chi connectivity index (χ2v) is 5.80. The van der Waals surface area contributed by atoms with Crippen LogP contribution in [0.2, 0.25) is 5.02 Å². The predicted molar refractivity (Wildman–Crippen MR) is 89.1 cm³/mol. The summed E-state index contributed by atoms with van der Waals surface area (Å²) in [5.74, 6) is 0.540. The van der Waals surface area contributed by atoms with E-state index >= 15 is 0 Å². The number of ether oxygens (including phenoxy) is 1. The van der Waals surface area contributed by atoms with Crippen LogP contribution in [0.5, 0.6) is 5.75 Å². The molecule has 0 aromatic heterocycles. The standard InChI is InChI=1S/C17H17ClN2O3/c1-23-15-7-6-11(9-13(15)18)19-17(22)20-16-12-5-3-2-4-10(12)8-14(16)21/h2-7,9,14,16,21H,8H2,1H3,(H2,19,20,22)/t14-,16+/m0/s1. The monoisotopic (exact) mass is 332 g/mol. The van der Waals surface area contributed by atoms with E-state index in [9.17, 15) is 9.90 Å². The van der Waals surface area contributed by atoms with Gasteiger partial charge in [-0.05, 0) is 29.3 Å². The summed E-state index contributed by atoms with van der Waals surface area (Å²) in [5, 5.41) is 16.1. The summed E-state index contributed by atoms with van der Waals surface area (Å²) in [6.45, 7) is 0. The molecule has 0 saturated carbocycles. The number of fused-ring (bicyclic) bond motifs is 1. The molecule has 1 aliphatic rings. The number of hydrogen-bond donors (Lipinski definition) is 3. The fraction of sp³-hybridized carbons (Fsp3) is 0.235. The molecule has 0 fully saturated rings. The molecule has 2 aromatic rings. The molecule has 3 rings (SSSR count). The van der Waals surface area contributed by atoms with Crippen LogP contribution in [0.4, 0.5) is 10.5 Å². The van der Waals surface area contributed by atoms with Crippen molar-refractivity contribution < 1.29 is 14.6 Å². The highest BCUT2D eigenvalue weighted by atomic mass is 35.5. The zero-order chi connectivity index (χ0) is 16.4. The van der Waals surface area contributed by atoms with Crippen molar-refractivity contribution in [3.05, 3.63) is 58.6 Å². The van der Waals surface area contributed by atoms with Crippen molar-refractivity contribution in [2.45, 2.75) is 18.6 Å². The number of aliphatic hydroxyl groups is 1. The van der Waals surface area contributed by atoms with Gasteiger partial charge in [-0.25, -0.2) is 4.79 Å². The van der Waals surface area contributed by atoms with Crippen LogP contribution in [0.25, 0.3) is 0 Å². The molecule has 0 heterocycles. The van der Waals surface area contributed by atoms with Crippen LogP contribution in [0.3, 0.4) is 0 Å². The third-order valence-electron chi connectivity index (χ3n) is 3.90. The Hall–Kier alpha value is -2.24. The molecular formula is C17H17ClN2O3. The molecule has 2 atom stereocenters. The third-order valence-corrected chi connectivity index (χ3v) is 4.20. The van der Waals surface area contributed by atoms with E-state index in [1.54, 1.807) is 18.2 Å². The van der Waals surface area contributed by atoms with E-state index in [-0.39, 0.29) is 0 Å². The lowest BCUT2D eigenvalue weighted by Gasteiger charge is -2.18. The quantitative estimate of drug-likeness (QED) is 0.808. The molecule has 0 unspecified atom stereocenters. The van der Waals surface area contributed by atoms with E-state index in [1.165, 1.54) is 7.11 Å². The molecule has 0 spiro atoms. The van der Waals surface area contributed by atoms with Gasteiger partial charge >= 0.3 is 6.03 Å². The van der Waals surface area contributed by atoms with Gasteiger partial charge in [-0.3, -0.25) is 0 Å². The largest absolute Gasteiger partial charge is 0.495 e. The minimum atomic E-state index is -0.627. The molecule has 5 nitrogen and oxygen atoms in total. The van der Waals surface area contributed by atoms with Gasteiger partial charge in [0.05, 0.1) is 24.3 Å². The minimum Gasteiger partial charge on any atom is -0.495 e. The Bertz CT molecular complexity index is 736. The Morgan fingerprint density at radius 2 is 2.09 bits per heavy atom. The van der Waals surface area contributed by atoms with E-state index in [4.69, 9.17) is 16.3 Å². The maximum Gasteiger partial charge on any atom is 0.319 e. The number of hydrogen-bond acceptors (Lipinski definition) is 3. The van der Waals surface area contributed by atoms with Crippen molar-refractivity contribution in [3.8, 4) is 5.75 Å². The van der Waals surface area contributed by atoms with Crippen LogP contribution in [0, 0.1) is 0 Å². The highest BCUT2D eigenvalue weighted by Gasteiger charge is 2.31. The summed E-state index contributed by atoms with van der Waals surface area (Å²) in [4.78, 5) is 12.2. The number of carbonyl (C=O) groups is 1. The molecule has 0 radical (unpaired) electrons. The normalized spacial score (nSPS) is 19.1. The first-order valence-corrected chi connectivity index (χ1v) is 7.63. The van der Waals surface area contributed by atoms with E-state index in [0.717, 1.165) is 11.1 Å². The lowest BCUT2D eigenvalue weighted by atomic mass is 10.1. The van der Waals surface area contributed by atoms with Crippen LogP contribution in [0.15, 0.2) is 42.5 Å². The number of methoxy groups -OCH3 is 1. The van der Waals surface area contributed by atoms with Gasteiger partial charge < -0.3 is 20.5 Å². The Balaban J connectivity index is 1.69. The average Bonchev–Trinajstić information content (AvgIpc) is 2.83. The van der Waals surface area contributed by atoms with Gasteiger partial charge in [-0.15, -0.1) is 0 Å². The molecule has 0 bridgehead atoms. The summed E-state index contributed by atoms with van der Waals surface area (Å²) < 4.78 is 5.07. The molecule has 0 aliphatic heterocycles. The van der Waals surface area contributed by atoms with E-state index in [0.29, 0.717) is 22.9 Å². The highest BCUT2D eigenvalue weighted by Crippen LogP contribution is 2.31. The van der Waals surface area contributed by atoms with Crippen LogP contribution < -0.4 is 15.4 Å². The number of nitrogens with one attached hydrogen (secondary N) is 2. The van der Waals surface area contributed by atoms with Gasteiger partial charge in [-0.1, -0.05) is 35.9 Å². The molecular weight excluding hydrogens is 316 g/mol. The molecule has 2 amide bonds. The molecule has 120 valence electrons. The Morgan fingerprint density at radius 3 is 2.83 bits per heavy atom. The zero-order valence-corrected chi connectivity index (χ0v) is 13.3. The fourth-order valence-corrected chi connectivity index (χ4v) is 3.06. The van der Waals surface area contributed by atoms with Crippen molar-refractivity contribution in [1.82, 2.24) is 5.32 Å². The van der Waals surface area contributed by atoms with Gasteiger partial charge in [0.2, 0.25) is 0 Å². The lowest BCUT2D eigenvalue weighted by Crippen LogP contribution is -2.36. The van der Waals surface area contributed by atoms with Crippen molar-refractivity contribution in [3.63, 3.8) is 0 Å². The van der Waals surface area contributed by atoms with Crippen LogP contribution in [0.1, 0.15) is 17.2 Å². The topological polar surface area (TPSA) is 70.6 Å². The number of carbonyl (C=O) groups excluding carboxylic acids is 1. The minimum absolute atomic E-state index is 0.396. The lowest BCUT2D eigenvalue weighted by molar-refractivity contribution is 0.144. The number of anilines is 1. The van der Waals surface area contributed by atoms with Gasteiger partial charge in [0.25, 0.3) is 0 Å². The summed E-state index contributed by atoms with van der Waals surface area (Å²) >= 11 is 6.04. The SMILES string of the molecule is COc1ccc(NC(=O)N[C@@H]2c3ccccc3C[C@@H]2O)cc1Cl. The summed E-state index contributed by atoms with van der Waals surface area (Å²) in [6, 6.07) is 11.9. The maximum atomic E-state index is 12.2. The molecule has 0 saturated heterocycles. The average molecular weight is 333 g/mol. The van der Waals surface area contributed by atoms with Crippen molar-refractivity contribution in [1.29, 1.82) is 0 Å². The van der Waals surface area contributed by atoms with Crippen molar-refractivity contribution >= 4 is 23.3 Å². The maximum absolute atomic E-state index is 12.2. The van der Waals surface area contributed by atoms with Crippen molar-refractivity contribution in [2.75, 3.05) is 12.4 Å². The van der Waals surface area contributed by atoms with Crippen LogP contribution >= 0.6 is 11.6 Å². The predicted octanol–water partition coefficient (Wildman–Crippen LogP) is 3.13. The van der Waals surface area contributed by atoms with Gasteiger partial charge in [-0.2, -0.15) is 0 Å². The summed E-state index contributed by atoms with van der Waals surface area (Å²) in [6.07, 6.45) is -0.0900. The number of rotatable bonds is 3. The van der Waals surface area contributed by atoms with Crippen molar-refractivity contribution in [2.24, 2.45) is 0 Å². The number of benzene rings is 2. The number of halogens is 1. The number of urea groups is 1. The Kier molecular flexibility index (Phi) is 4.41. The summed E-state index contributed by atoms with van der Waals surface area (Å²) in [5.41, 5.74) is 2.55. The van der Waals surface area contributed by atoms with Gasteiger partial charge in [0.15, 0.2) is 0 Å². The smallest absolute Gasteiger partial charge is 0.319 e. The highest BCUT2D eigenvalue weighted by molar-refractivity contribution is 6.32. The van der Waals surface area contributed by atoms with Crippen LogP contribution in [-0.4, -0.2) is 24.4 Å². The second kappa shape index (κ2) is 6.48. The molecule has 6 heteroatoms. The molecule has 3 N–H and O–H groups in total. The molecule has 23 heavy (non-hydrogen) atoms. The van der Waals surface area contributed by atoms with E-state index < -0.39 is 18.2 Å². The number of amides is 2. The first-order chi connectivity index (χ1) is 11.1. The fourth-order valence-electron chi connectivity index (χ4n) is 2.80. The van der Waals surface area contributed by atoms with E-state index in [1.807, 2.05) is 24.3 Å². The first-order valence-electron chi connectivity index (χ1n) is 7.25. The van der Waals surface area contributed by atoms with Gasteiger partial charge in [0, 0.05) is 12.1 Å². The van der Waals surface area contributed by atoms with E-state index in [2.05, 4.69) is 10.6 Å². The summed E-state index contributed by atoms with van der Waals surface area (Å²) in [7, 11) is 1.53. The van der Waals surface area contributed by atoms with Gasteiger partial charge in [0.1, 0.15) is 5.75 Å².